The van der Waals surface area contributed by atoms with Crippen LogP contribution in [-0.4, -0.2) is 9.97 Å². The Kier molecular flexibility index (Phi) is 3.78. The summed E-state index contributed by atoms with van der Waals surface area (Å²) in [6.45, 7) is 4.07. The van der Waals surface area contributed by atoms with Crippen molar-refractivity contribution in [1.29, 1.82) is 0 Å². The highest BCUT2D eigenvalue weighted by atomic mass is 32.2. The van der Waals surface area contributed by atoms with E-state index < -0.39 is 0 Å². The lowest BCUT2D eigenvalue weighted by molar-refractivity contribution is 0.897. The third kappa shape index (κ3) is 2.95. The number of aromatic nitrogens is 2. The van der Waals surface area contributed by atoms with Crippen molar-refractivity contribution < 1.29 is 0 Å². The Morgan fingerprint density at radius 1 is 1.31 bits per heavy atom. The minimum Gasteiger partial charge on any atom is -0.238 e. The van der Waals surface area contributed by atoms with Crippen molar-refractivity contribution in [2.24, 2.45) is 0 Å². The predicted octanol–water partition coefficient (Wildman–Crippen LogP) is 3.67. The van der Waals surface area contributed by atoms with Crippen molar-refractivity contribution in [3.8, 4) is 0 Å². The zero-order chi connectivity index (χ0) is 11.4. The average Bonchev–Trinajstić information content (AvgIpc) is 2.29. The zero-order valence-corrected chi connectivity index (χ0v) is 10.5. The van der Waals surface area contributed by atoms with Crippen LogP contribution in [0.5, 0.6) is 0 Å². The highest BCUT2D eigenvalue weighted by Gasteiger charge is 2.04. The third-order valence-electron chi connectivity index (χ3n) is 2.41. The monoisotopic (exact) mass is 232 g/mol. The standard InChI is InChI=1S/C13H16N2S/c1-3-11-9-13(15-10(2)14-11)16-12-7-5-4-6-8-12/h5,7-9H,3-4,6H2,1-2H3. The lowest BCUT2D eigenvalue weighted by atomic mass is 10.2. The molecule has 0 aromatic carbocycles. The van der Waals surface area contributed by atoms with Gasteiger partial charge in [-0.25, -0.2) is 9.97 Å². The predicted molar refractivity (Wildman–Crippen MR) is 68.5 cm³/mol. The topological polar surface area (TPSA) is 25.8 Å². The molecule has 0 saturated heterocycles. The Bertz CT molecular complexity index is 436. The lowest BCUT2D eigenvalue weighted by Gasteiger charge is -2.07. The van der Waals surface area contributed by atoms with Crippen LogP contribution in [0.4, 0.5) is 0 Å². The van der Waals surface area contributed by atoms with Crippen molar-refractivity contribution in [3.05, 3.63) is 40.7 Å². The molecule has 1 aromatic rings. The minimum atomic E-state index is 0.863. The molecular weight excluding hydrogens is 216 g/mol. The van der Waals surface area contributed by atoms with E-state index in [-0.39, 0.29) is 0 Å². The minimum absolute atomic E-state index is 0.863. The van der Waals surface area contributed by atoms with Crippen molar-refractivity contribution >= 4 is 11.8 Å². The molecule has 1 aliphatic carbocycles. The van der Waals surface area contributed by atoms with Crippen LogP contribution in [0.3, 0.4) is 0 Å². The van der Waals surface area contributed by atoms with Crippen LogP contribution in [0.25, 0.3) is 0 Å². The SMILES string of the molecule is CCc1cc(SC2=CCCC=C2)nc(C)n1. The molecule has 0 radical (unpaired) electrons. The van der Waals surface area contributed by atoms with E-state index in [1.807, 2.05) is 6.92 Å². The summed E-state index contributed by atoms with van der Waals surface area (Å²) in [5.74, 6) is 0.863. The maximum atomic E-state index is 4.45. The van der Waals surface area contributed by atoms with E-state index in [1.165, 1.54) is 4.91 Å². The van der Waals surface area contributed by atoms with Gasteiger partial charge in [0, 0.05) is 10.6 Å². The molecular formula is C13H16N2S. The van der Waals surface area contributed by atoms with Gasteiger partial charge >= 0.3 is 0 Å². The molecule has 1 heterocycles. The van der Waals surface area contributed by atoms with Gasteiger partial charge in [0.1, 0.15) is 10.9 Å². The van der Waals surface area contributed by atoms with E-state index in [4.69, 9.17) is 0 Å². The van der Waals surface area contributed by atoms with Gasteiger partial charge in [-0.2, -0.15) is 0 Å². The molecule has 0 atom stereocenters. The number of nitrogens with zero attached hydrogens (tertiary/aromatic N) is 2. The maximum Gasteiger partial charge on any atom is 0.126 e. The molecule has 84 valence electrons. The first kappa shape index (κ1) is 11.4. The first-order valence-corrected chi connectivity index (χ1v) is 6.48. The Labute approximate surface area is 101 Å². The molecule has 16 heavy (non-hydrogen) atoms. The normalized spacial score (nSPS) is 15.0. The van der Waals surface area contributed by atoms with Crippen molar-refractivity contribution in [2.45, 2.75) is 38.1 Å². The van der Waals surface area contributed by atoms with Gasteiger partial charge in [-0.3, -0.25) is 0 Å². The Morgan fingerprint density at radius 3 is 2.88 bits per heavy atom. The number of allylic oxidation sites excluding steroid dienone is 3. The Morgan fingerprint density at radius 2 is 2.19 bits per heavy atom. The fourth-order valence-corrected chi connectivity index (χ4v) is 2.60. The number of hydrogen-bond acceptors (Lipinski definition) is 3. The van der Waals surface area contributed by atoms with Gasteiger partial charge in [0.05, 0.1) is 0 Å². The van der Waals surface area contributed by atoms with Crippen molar-refractivity contribution in [1.82, 2.24) is 9.97 Å². The summed E-state index contributed by atoms with van der Waals surface area (Å²) in [5.41, 5.74) is 1.12. The molecule has 1 aromatic heterocycles. The van der Waals surface area contributed by atoms with Crippen LogP contribution in [0, 0.1) is 6.92 Å². The summed E-state index contributed by atoms with van der Waals surface area (Å²) < 4.78 is 0. The van der Waals surface area contributed by atoms with Crippen LogP contribution >= 0.6 is 11.8 Å². The second-order valence-electron chi connectivity index (χ2n) is 3.79. The van der Waals surface area contributed by atoms with Gasteiger partial charge in [-0.1, -0.05) is 36.9 Å². The summed E-state index contributed by atoms with van der Waals surface area (Å²) in [4.78, 5) is 10.1. The second-order valence-corrected chi connectivity index (χ2v) is 4.88. The van der Waals surface area contributed by atoms with E-state index >= 15 is 0 Å². The molecule has 0 amide bonds. The Hall–Kier alpha value is -1.09. The number of rotatable bonds is 3. The summed E-state index contributed by atoms with van der Waals surface area (Å²) in [6, 6.07) is 2.08. The molecule has 0 aliphatic heterocycles. The van der Waals surface area contributed by atoms with Gasteiger partial charge in [0.2, 0.25) is 0 Å². The van der Waals surface area contributed by atoms with E-state index in [0.717, 1.165) is 35.8 Å². The Balaban J connectivity index is 2.17. The van der Waals surface area contributed by atoms with E-state index in [2.05, 4.69) is 41.2 Å². The zero-order valence-electron chi connectivity index (χ0n) is 9.73. The van der Waals surface area contributed by atoms with E-state index in [0.29, 0.717) is 0 Å². The molecule has 0 unspecified atom stereocenters. The van der Waals surface area contributed by atoms with Gasteiger partial charge in [-0.15, -0.1) is 0 Å². The smallest absolute Gasteiger partial charge is 0.126 e. The number of hydrogen-bond donors (Lipinski definition) is 0. The number of aryl methyl sites for hydroxylation is 2. The lowest BCUT2D eigenvalue weighted by Crippen LogP contribution is -1.95. The summed E-state index contributed by atoms with van der Waals surface area (Å²) in [6.07, 6.45) is 9.94. The van der Waals surface area contributed by atoms with Crippen LogP contribution in [0.15, 0.2) is 34.2 Å². The summed E-state index contributed by atoms with van der Waals surface area (Å²) in [5, 5.41) is 1.06. The number of thioether (sulfide) groups is 1. The summed E-state index contributed by atoms with van der Waals surface area (Å²) in [7, 11) is 0. The van der Waals surface area contributed by atoms with Gasteiger partial charge in [0.25, 0.3) is 0 Å². The molecule has 2 nitrogen and oxygen atoms in total. The highest BCUT2D eigenvalue weighted by Crippen LogP contribution is 2.29. The highest BCUT2D eigenvalue weighted by molar-refractivity contribution is 8.03. The molecule has 0 spiro atoms. The molecule has 0 bridgehead atoms. The van der Waals surface area contributed by atoms with E-state index in [9.17, 15) is 0 Å². The largest absolute Gasteiger partial charge is 0.238 e. The second kappa shape index (κ2) is 5.30. The van der Waals surface area contributed by atoms with Crippen molar-refractivity contribution in [3.63, 3.8) is 0 Å². The first-order valence-electron chi connectivity index (χ1n) is 5.67. The molecule has 3 heteroatoms. The third-order valence-corrected chi connectivity index (χ3v) is 3.37. The van der Waals surface area contributed by atoms with Gasteiger partial charge in [0.15, 0.2) is 0 Å². The van der Waals surface area contributed by atoms with Crippen LogP contribution in [-0.2, 0) is 6.42 Å². The molecule has 0 N–H and O–H groups in total. The first-order chi connectivity index (χ1) is 7.78. The average molecular weight is 232 g/mol. The molecule has 0 fully saturated rings. The van der Waals surface area contributed by atoms with Crippen LogP contribution in [0.1, 0.15) is 31.3 Å². The quantitative estimate of drug-likeness (QED) is 0.744. The molecule has 0 saturated carbocycles. The van der Waals surface area contributed by atoms with Gasteiger partial charge in [-0.05, 0) is 32.3 Å². The maximum absolute atomic E-state index is 4.45. The van der Waals surface area contributed by atoms with Crippen molar-refractivity contribution in [2.75, 3.05) is 0 Å². The van der Waals surface area contributed by atoms with E-state index in [1.54, 1.807) is 11.8 Å². The summed E-state index contributed by atoms with van der Waals surface area (Å²) >= 11 is 1.73. The van der Waals surface area contributed by atoms with Crippen LogP contribution in [0.2, 0.25) is 0 Å². The van der Waals surface area contributed by atoms with Gasteiger partial charge < -0.3 is 0 Å². The molecule has 2 rings (SSSR count). The fraction of sp³-hybridized carbons (Fsp3) is 0.385. The molecule has 1 aliphatic rings. The fourth-order valence-electron chi connectivity index (χ4n) is 1.62. The van der Waals surface area contributed by atoms with Crippen LogP contribution < -0.4 is 0 Å².